The Morgan fingerprint density at radius 3 is 2.76 bits per heavy atom. The predicted molar refractivity (Wildman–Crippen MR) is 79.9 cm³/mol. The molecule has 21 heavy (non-hydrogen) atoms. The Bertz CT molecular complexity index is 401. The number of hydrogen-bond donors (Lipinski definition) is 1. The highest BCUT2D eigenvalue weighted by molar-refractivity contribution is 5.51. The van der Waals surface area contributed by atoms with Crippen LogP contribution in [0.15, 0.2) is 18.2 Å². The van der Waals surface area contributed by atoms with Crippen molar-refractivity contribution in [1.29, 1.82) is 0 Å². The van der Waals surface area contributed by atoms with E-state index in [4.69, 9.17) is 14.2 Å². The molecule has 0 radical (unpaired) electrons. The van der Waals surface area contributed by atoms with Crippen molar-refractivity contribution >= 4 is 0 Å². The van der Waals surface area contributed by atoms with Gasteiger partial charge in [0.2, 0.25) is 5.75 Å². The van der Waals surface area contributed by atoms with Crippen molar-refractivity contribution in [3.8, 4) is 17.2 Å². The van der Waals surface area contributed by atoms with Crippen LogP contribution in [-0.2, 0) is 0 Å². The van der Waals surface area contributed by atoms with Gasteiger partial charge in [-0.05, 0) is 44.5 Å². The normalized spacial score (nSPS) is 12.6. The van der Waals surface area contributed by atoms with Gasteiger partial charge in [-0.15, -0.1) is 0 Å². The highest BCUT2D eigenvalue weighted by Crippen LogP contribution is 2.38. The van der Waals surface area contributed by atoms with Crippen molar-refractivity contribution in [2.24, 2.45) is 0 Å². The zero-order valence-corrected chi connectivity index (χ0v) is 13.5. The second-order valence-electron chi connectivity index (χ2n) is 4.94. The molecule has 1 aliphatic rings. The van der Waals surface area contributed by atoms with Crippen LogP contribution in [0.4, 0.5) is 0 Å². The van der Waals surface area contributed by atoms with E-state index in [1.54, 1.807) is 0 Å². The monoisotopic (exact) mass is 314 g/mol. The van der Waals surface area contributed by atoms with Gasteiger partial charge >= 0.3 is 0 Å². The summed E-state index contributed by atoms with van der Waals surface area (Å²) < 4.78 is 16.9. The summed E-state index contributed by atoms with van der Waals surface area (Å²) in [6.07, 6.45) is 4.68. The van der Waals surface area contributed by atoms with Gasteiger partial charge in [0, 0.05) is 0 Å². The maximum absolute atomic E-state index is 5.80. The van der Waals surface area contributed by atoms with Crippen molar-refractivity contribution in [3.63, 3.8) is 0 Å². The number of halogens is 1. The van der Waals surface area contributed by atoms with E-state index in [2.05, 4.69) is 12.2 Å². The number of nitrogens with one attached hydrogen (secondary N) is 1. The molecule has 1 aromatic rings. The van der Waals surface area contributed by atoms with Gasteiger partial charge in [-0.25, -0.2) is 0 Å². The molecule has 0 atom stereocenters. The zero-order chi connectivity index (χ0) is 14.0. The summed E-state index contributed by atoms with van der Waals surface area (Å²) in [5.74, 6) is 2.33. The highest BCUT2D eigenvalue weighted by atomic mass is 35.5. The summed E-state index contributed by atoms with van der Waals surface area (Å²) in [7, 11) is 0. The van der Waals surface area contributed by atoms with Crippen molar-refractivity contribution in [2.45, 2.75) is 32.6 Å². The molecule has 0 saturated carbocycles. The van der Waals surface area contributed by atoms with Crippen LogP contribution < -0.4 is 31.9 Å². The van der Waals surface area contributed by atoms with Gasteiger partial charge < -0.3 is 31.9 Å². The molecule has 2 rings (SSSR count). The molecule has 1 N–H and O–H groups in total. The third-order valence-corrected chi connectivity index (χ3v) is 3.24. The van der Waals surface area contributed by atoms with Crippen LogP contribution in [0.2, 0.25) is 0 Å². The molecule has 4 nitrogen and oxygen atoms in total. The summed E-state index contributed by atoms with van der Waals surface area (Å²) in [4.78, 5) is 0. The summed E-state index contributed by atoms with van der Waals surface area (Å²) in [5.41, 5.74) is 0. The van der Waals surface area contributed by atoms with E-state index in [1.807, 2.05) is 18.2 Å². The van der Waals surface area contributed by atoms with Gasteiger partial charge in [0.15, 0.2) is 11.5 Å². The standard InChI is InChI=1S/C16H25NO3.ClH/c1-2-3-9-17-10-4-5-11-18-14-7-6-8-15-16(14)20-13-12-19-15;/h6-8,17H,2-5,9-13H2,1H3;1H/p-1. The fraction of sp³-hybridized carbons (Fsp3) is 0.625. The lowest BCUT2D eigenvalue weighted by Gasteiger charge is -2.20. The van der Waals surface area contributed by atoms with E-state index in [0.29, 0.717) is 13.2 Å². The van der Waals surface area contributed by atoms with Crippen molar-refractivity contribution in [1.82, 2.24) is 5.32 Å². The molecule has 1 aromatic carbocycles. The Balaban J connectivity index is 0.00000220. The van der Waals surface area contributed by atoms with E-state index >= 15 is 0 Å². The summed E-state index contributed by atoms with van der Waals surface area (Å²) in [6.45, 7) is 6.32. The van der Waals surface area contributed by atoms with Crippen LogP contribution in [-0.4, -0.2) is 32.9 Å². The first kappa shape index (κ1) is 17.9. The van der Waals surface area contributed by atoms with Gasteiger partial charge in [0.25, 0.3) is 0 Å². The molecule has 1 heterocycles. The number of rotatable bonds is 9. The van der Waals surface area contributed by atoms with E-state index in [0.717, 1.165) is 49.8 Å². The molecule has 120 valence electrons. The number of hydrogen-bond acceptors (Lipinski definition) is 4. The third kappa shape index (κ3) is 6.02. The summed E-state index contributed by atoms with van der Waals surface area (Å²) >= 11 is 0. The van der Waals surface area contributed by atoms with Crippen LogP contribution in [0.1, 0.15) is 32.6 Å². The number of fused-ring (bicyclic) bond motifs is 1. The number of ether oxygens (including phenoxy) is 3. The second-order valence-corrected chi connectivity index (χ2v) is 4.94. The molecular formula is C16H25ClNO3-. The van der Waals surface area contributed by atoms with Crippen molar-refractivity contribution < 1.29 is 26.6 Å². The first-order valence-corrected chi connectivity index (χ1v) is 7.64. The first-order valence-electron chi connectivity index (χ1n) is 7.64. The predicted octanol–water partition coefficient (Wildman–Crippen LogP) is 0.0105. The van der Waals surface area contributed by atoms with Gasteiger partial charge in [-0.1, -0.05) is 19.4 Å². The van der Waals surface area contributed by atoms with Crippen LogP contribution in [0, 0.1) is 0 Å². The Hall–Kier alpha value is -1.13. The van der Waals surface area contributed by atoms with E-state index in [9.17, 15) is 0 Å². The number of unbranched alkanes of at least 4 members (excludes halogenated alkanes) is 2. The Kier molecular flexibility index (Phi) is 9.02. The van der Waals surface area contributed by atoms with Crippen LogP contribution in [0.3, 0.4) is 0 Å². The van der Waals surface area contributed by atoms with E-state index in [1.165, 1.54) is 12.8 Å². The van der Waals surface area contributed by atoms with Crippen LogP contribution in [0.5, 0.6) is 17.2 Å². The van der Waals surface area contributed by atoms with Crippen molar-refractivity contribution in [3.05, 3.63) is 18.2 Å². The smallest absolute Gasteiger partial charge is 0.203 e. The maximum atomic E-state index is 5.80. The summed E-state index contributed by atoms with van der Waals surface area (Å²) in [6, 6.07) is 5.79. The van der Waals surface area contributed by atoms with Crippen LogP contribution >= 0.6 is 0 Å². The molecule has 0 bridgehead atoms. The molecule has 0 aliphatic carbocycles. The first-order chi connectivity index (χ1) is 9.92. The van der Waals surface area contributed by atoms with Gasteiger partial charge in [0.05, 0.1) is 6.61 Å². The minimum absolute atomic E-state index is 0. The topological polar surface area (TPSA) is 39.7 Å². The third-order valence-electron chi connectivity index (χ3n) is 3.24. The molecule has 0 spiro atoms. The Morgan fingerprint density at radius 2 is 1.90 bits per heavy atom. The lowest BCUT2D eigenvalue weighted by Crippen LogP contribution is -3.00. The molecule has 1 aliphatic heterocycles. The van der Waals surface area contributed by atoms with Crippen LogP contribution in [0.25, 0.3) is 0 Å². The lowest BCUT2D eigenvalue weighted by molar-refractivity contribution is -0.00000521. The molecule has 0 unspecified atom stereocenters. The maximum Gasteiger partial charge on any atom is 0.203 e. The van der Waals surface area contributed by atoms with Crippen molar-refractivity contribution in [2.75, 3.05) is 32.9 Å². The summed E-state index contributed by atoms with van der Waals surface area (Å²) in [5, 5.41) is 3.43. The SMILES string of the molecule is CCCCNCCCCOc1cccc2c1OCCO2.[Cl-]. The fourth-order valence-corrected chi connectivity index (χ4v) is 2.12. The van der Waals surface area contributed by atoms with Gasteiger partial charge in [-0.3, -0.25) is 0 Å². The fourth-order valence-electron chi connectivity index (χ4n) is 2.12. The lowest BCUT2D eigenvalue weighted by atomic mass is 10.2. The number of para-hydroxylation sites is 1. The zero-order valence-electron chi connectivity index (χ0n) is 12.7. The average molecular weight is 315 g/mol. The molecule has 0 fully saturated rings. The van der Waals surface area contributed by atoms with Gasteiger partial charge in [-0.2, -0.15) is 0 Å². The molecule has 5 heteroatoms. The Labute approximate surface area is 133 Å². The molecule has 0 saturated heterocycles. The average Bonchev–Trinajstić information content (AvgIpc) is 2.50. The van der Waals surface area contributed by atoms with E-state index < -0.39 is 0 Å². The minimum Gasteiger partial charge on any atom is -1.00 e. The largest absolute Gasteiger partial charge is 1.00 e. The van der Waals surface area contributed by atoms with Gasteiger partial charge in [0.1, 0.15) is 13.2 Å². The molecule has 0 aromatic heterocycles. The van der Waals surface area contributed by atoms with E-state index in [-0.39, 0.29) is 12.4 Å². The quantitative estimate of drug-likeness (QED) is 0.652. The Morgan fingerprint density at radius 1 is 1.10 bits per heavy atom. The molecular weight excluding hydrogens is 290 g/mol. The number of benzene rings is 1. The minimum atomic E-state index is 0. The molecule has 0 amide bonds. The second kappa shape index (κ2) is 10.6. The highest BCUT2D eigenvalue weighted by Gasteiger charge is 2.16.